The zero-order valence-corrected chi connectivity index (χ0v) is 17.1. The average molecular weight is 388 g/mol. The van der Waals surface area contributed by atoms with Crippen LogP contribution < -0.4 is 4.90 Å². The number of rotatable bonds is 4. The first kappa shape index (κ1) is 18.6. The van der Waals surface area contributed by atoms with Gasteiger partial charge in [-0.25, -0.2) is 4.98 Å². The largest absolute Gasteiger partial charge is 0.396 e. The molecule has 29 heavy (non-hydrogen) atoms. The molecule has 0 bridgehead atoms. The minimum Gasteiger partial charge on any atom is -0.396 e. The Morgan fingerprint density at radius 2 is 1.76 bits per heavy atom. The maximum atomic E-state index is 9.54. The second-order valence-electron chi connectivity index (χ2n) is 8.41. The molecule has 1 aliphatic heterocycles. The molecule has 2 heterocycles. The molecule has 4 heteroatoms. The molecule has 4 nitrogen and oxygen atoms in total. The van der Waals surface area contributed by atoms with E-state index in [4.69, 9.17) is 4.98 Å². The van der Waals surface area contributed by atoms with Gasteiger partial charge in [0.15, 0.2) is 0 Å². The molecule has 1 aliphatic carbocycles. The molecule has 1 aromatic heterocycles. The molecule has 150 valence electrons. The van der Waals surface area contributed by atoms with Crippen LogP contribution in [-0.2, 0) is 12.8 Å². The van der Waals surface area contributed by atoms with Gasteiger partial charge >= 0.3 is 0 Å². The van der Waals surface area contributed by atoms with E-state index < -0.39 is 0 Å². The molecule has 1 N–H and O–H groups in total. The number of hydrogen-bond donors (Lipinski definition) is 1. The quantitative estimate of drug-likeness (QED) is 0.740. The third kappa shape index (κ3) is 3.52. The molecule has 1 fully saturated rings. The Labute approximate surface area is 172 Å². The van der Waals surface area contributed by atoms with Gasteiger partial charge in [-0.1, -0.05) is 43.3 Å². The van der Waals surface area contributed by atoms with Crippen LogP contribution in [0.3, 0.4) is 0 Å². The van der Waals surface area contributed by atoms with Crippen molar-refractivity contribution in [1.29, 1.82) is 0 Å². The Hall–Kier alpha value is -2.43. The summed E-state index contributed by atoms with van der Waals surface area (Å²) in [5, 5.41) is 12.0. The molecule has 0 radical (unpaired) electrons. The van der Waals surface area contributed by atoms with Crippen LogP contribution in [0, 0.1) is 5.92 Å². The van der Waals surface area contributed by atoms with Crippen LogP contribution in [0.25, 0.3) is 22.0 Å². The first-order valence-corrected chi connectivity index (χ1v) is 10.8. The van der Waals surface area contributed by atoms with E-state index in [2.05, 4.69) is 65.3 Å². The van der Waals surface area contributed by atoms with Gasteiger partial charge in [0.2, 0.25) is 0 Å². The number of aliphatic hydroxyl groups excluding tert-OH is 1. The fraction of sp³-hybridized carbons (Fsp3) is 0.400. The van der Waals surface area contributed by atoms with Gasteiger partial charge in [0.05, 0.1) is 5.69 Å². The monoisotopic (exact) mass is 387 g/mol. The van der Waals surface area contributed by atoms with E-state index in [1.165, 1.54) is 27.5 Å². The first-order chi connectivity index (χ1) is 14.2. The third-order valence-electron chi connectivity index (χ3n) is 6.62. The smallest absolute Gasteiger partial charge is 0.137 e. The van der Waals surface area contributed by atoms with Crippen molar-refractivity contribution < 1.29 is 5.11 Å². The molecule has 0 amide bonds. The van der Waals surface area contributed by atoms with E-state index in [9.17, 15) is 5.11 Å². The van der Waals surface area contributed by atoms with Crippen molar-refractivity contribution in [2.24, 2.45) is 5.92 Å². The summed E-state index contributed by atoms with van der Waals surface area (Å²) in [5.74, 6) is 1.48. The minimum atomic E-state index is 0.270. The van der Waals surface area contributed by atoms with Crippen molar-refractivity contribution in [3.05, 3.63) is 59.7 Å². The molecular formula is C25H29N3O. The number of hydrogen-bond acceptors (Lipinski definition) is 4. The molecule has 2 aromatic carbocycles. The second kappa shape index (κ2) is 7.77. The fourth-order valence-electron chi connectivity index (χ4n) is 4.84. The Bertz CT molecular complexity index is 1020. The summed E-state index contributed by atoms with van der Waals surface area (Å²) in [7, 11) is 0. The predicted octanol–water partition coefficient (Wildman–Crippen LogP) is 3.75. The highest BCUT2D eigenvalue weighted by molar-refractivity contribution is 5.95. The van der Waals surface area contributed by atoms with Crippen LogP contribution in [0.1, 0.15) is 18.1 Å². The number of aliphatic hydroxyl groups is 1. The van der Waals surface area contributed by atoms with Crippen molar-refractivity contribution in [3.63, 3.8) is 0 Å². The van der Waals surface area contributed by atoms with Crippen molar-refractivity contribution in [2.75, 3.05) is 44.2 Å². The minimum absolute atomic E-state index is 0.270. The highest BCUT2D eigenvalue weighted by Crippen LogP contribution is 2.34. The van der Waals surface area contributed by atoms with Crippen LogP contribution in [0.4, 0.5) is 5.82 Å². The van der Waals surface area contributed by atoms with Crippen LogP contribution in [0.15, 0.2) is 48.5 Å². The van der Waals surface area contributed by atoms with Gasteiger partial charge in [-0.2, -0.15) is 0 Å². The van der Waals surface area contributed by atoms with Crippen LogP contribution in [0.2, 0.25) is 0 Å². The maximum Gasteiger partial charge on any atom is 0.137 e. The highest BCUT2D eigenvalue weighted by Gasteiger charge is 2.23. The lowest BCUT2D eigenvalue weighted by Crippen LogP contribution is -2.46. The van der Waals surface area contributed by atoms with Gasteiger partial charge in [-0.15, -0.1) is 0 Å². The van der Waals surface area contributed by atoms with Crippen molar-refractivity contribution in [2.45, 2.75) is 19.8 Å². The van der Waals surface area contributed by atoms with Gasteiger partial charge in [0, 0.05) is 43.7 Å². The van der Waals surface area contributed by atoms with E-state index in [1.54, 1.807) is 0 Å². The van der Waals surface area contributed by atoms with Gasteiger partial charge in [0.25, 0.3) is 0 Å². The predicted molar refractivity (Wildman–Crippen MR) is 119 cm³/mol. The third-order valence-corrected chi connectivity index (χ3v) is 6.62. The van der Waals surface area contributed by atoms with Crippen molar-refractivity contribution >= 4 is 16.6 Å². The molecule has 5 rings (SSSR count). The molecular weight excluding hydrogens is 358 g/mol. The van der Waals surface area contributed by atoms with E-state index in [0.717, 1.165) is 57.1 Å². The lowest BCUT2D eigenvalue weighted by molar-refractivity contribution is 0.232. The fourth-order valence-corrected chi connectivity index (χ4v) is 4.84. The summed E-state index contributed by atoms with van der Waals surface area (Å²) in [5.41, 5.74) is 4.98. The summed E-state index contributed by atoms with van der Waals surface area (Å²) in [6.07, 6.45) is 1.96. The van der Waals surface area contributed by atoms with Crippen molar-refractivity contribution in [3.8, 4) is 11.3 Å². The Morgan fingerprint density at radius 1 is 0.966 bits per heavy atom. The van der Waals surface area contributed by atoms with E-state index in [-0.39, 0.29) is 6.61 Å². The zero-order valence-electron chi connectivity index (χ0n) is 17.1. The van der Waals surface area contributed by atoms with Crippen LogP contribution in [-0.4, -0.2) is 54.3 Å². The highest BCUT2D eigenvalue weighted by atomic mass is 16.3. The van der Waals surface area contributed by atoms with Gasteiger partial charge in [-0.05, 0) is 54.0 Å². The van der Waals surface area contributed by atoms with Gasteiger partial charge < -0.3 is 14.9 Å². The van der Waals surface area contributed by atoms with Crippen LogP contribution in [0.5, 0.6) is 0 Å². The normalized spacial score (nSPS) is 19.7. The molecule has 2 aliphatic rings. The zero-order chi connectivity index (χ0) is 19.8. The van der Waals surface area contributed by atoms with Gasteiger partial charge in [0.1, 0.15) is 5.82 Å². The number of piperazine rings is 1. The second-order valence-corrected chi connectivity index (χ2v) is 8.41. The lowest BCUT2D eigenvalue weighted by atomic mass is 10.0. The lowest BCUT2D eigenvalue weighted by Gasteiger charge is -2.35. The van der Waals surface area contributed by atoms with Gasteiger partial charge in [-0.3, -0.25) is 0 Å². The molecule has 0 saturated carbocycles. The first-order valence-electron chi connectivity index (χ1n) is 10.8. The summed E-state index contributed by atoms with van der Waals surface area (Å²) < 4.78 is 0. The topological polar surface area (TPSA) is 39.6 Å². The standard InChI is InChI=1S/C25H29N3O/c1-2-27-9-11-28(12-10-27)25-23-6-4-3-5-20(23)16-24(26-25)21-8-7-19-13-18(17-29)14-22(19)15-21/h3-8,15-16,18,29H,2,9-14,17H2,1H3. The Morgan fingerprint density at radius 3 is 2.55 bits per heavy atom. The summed E-state index contributed by atoms with van der Waals surface area (Å²) in [4.78, 5) is 10.1. The van der Waals surface area contributed by atoms with Crippen LogP contribution >= 0.6 is 0 Å². The van der Waals surface area contributed by atoms with E-state index in [0.29, 0.717) is 5.92 Å². The van der Waals surface area contributed by atoms with Crippen molar-refractivity contribution in [1.82, 2.24) is 9.88 Å². The number of aromatic nitrogens is 1. The summed E-state index contributed by atoms with van der Waals surface area (Å²) >= 11 is 0. The Kier molecular flexibility index (Phi) is 4.98. The summed E-state index contributed by atoms with van der Waals surface area (Å²) in [6.45, 7) is 7.86. The number of fused-ring (bicyclic) bond motifs is 2. The van der Waals surface area contributed by atoms with E-state index in [1.807, 2.05) is 0 Å². The molecule has 1 unspecified atom stereocenters. The molecule has 1 saturated heterocycles. The number of anilines is 1. The molecule has 0 spiro atoms. The number of benzene rings is 2. The number of nitrogens with zero attached hydrogens (tertiary/aromatic N) is 3. The average Bonchev–Trinajstić information content (AvgIpc) is 3.21. The maximum absolute atomic E-state index is 9.54. The van der Waals surface area contributed by atoms with E-state index >= 15 is 0 Å². The Balaban J connectivity index is 1.54. The molecule has 1 atom stereocenters. The number of likely N-dealkylation sites (N-methyl/N-ethyl adjacent to an activating group) is 1. The summed E-state index contributed by atoms with van der Waals surface area (Å²) in [6, 6.07) is 17.6. The number of pyridine rings is 1. The molecule has 3 aromatic rings. The SMILES string of the molecule is CCN1CCN(c2nc(-c3ccc4c(c3)CC(CO)C4)cc3ccccc23)CC1.